The number of nitro groups is 1. The maximum absolute atomic E-state index is 11.8. The second-order valence-electron chi connectivity index (χ2n) is 4.61. The average Bonchev–Trinajstić information content (AvgIpc) is 2.48. The monoisotopic (exact) mass is 306 g/mol. The third kappa shape index (κ3) is 2.68. The van der Waals surface area contributed by atoms with E-state index in [1.54, 1.807) is 0 Å². The first kappa shape index (κ1) is 15.3. The molecule has 0 aliphatic carbocycles. The van der Waals surface area contributed by atoms with Crippen LogP contribution in [0.25, 0.3) is 0 Å². The molecule has 0 saturated carbocycles. The minimum absolute atomic E-state index is 0.110. The van der Waals surface area contributed by atoms with Crippen molar-refractivity contribution in [3.8, 4) is 5.75 Å². The summed E-state index contributed by atoms with van der Waals surface area (Å²) in [7, 11) is 2.87. The molecular weight excluding hydrogens is 292 g/mol. The number of anilines is 1. The molecule has 1 aromatic heterocycles. The van der Waals surface area contributed by atoms with E-state index in [2.05, 4.69) is 0 Å². The largest absolute Gasteiger partial charge is 0.485 e. The lowest BCUT2D eigenvalue weighted by Gasteiger charge is -2.12. The Morgan fingerprint density at radius 2 is 1.95 bits per heavy atom. The van der Waals surface area contributed by atoms with Gasteiger partial charge in [-0.15, -0.1) is 0 Å². The molecule has 9 heteroatoms. The maximum atomic E-state index is 11.8. The first-order chi connectivity index (χ1) is 10.3. The minimum Gasteiger partial charge on any atom is -0.485 e. The maximum Gasteiger partial charge on any atom is 0.330 e. The predicted octanol–water partition coefficient (Wildman–Crippen LogP) is 0.153. The Bertz CT molecular complexity index is 852. The minimum atomic E-state index is -0.615. The molecule has 0 aliphatic rings. The van der Waals surface area contributed by atoms with E-state index in [-0.39, 0.29) is 23.7 Å². The highest BCUT2D eigenvalue weighted by atomic mass is 16.6. The summed E-state index contributed by atoms with van der Waals surface area (Å²) in [5, 5.41) is 10.8. The molecule has 2 aromatic rings. The van der Waals surface area contributed by atoms with E-state index >= 15 is 0 Å². The molecular formula is C13H14N4O5. The number of aromatic nitrogens is 2. The van der Waals surface area contributed by atoms with Crippen LogP contribution in [0.5, 0.6) is 5.75 Å². The summed E-state index contributed by atoms with van der Waals surface area (Å²) < 4.78 is 7.63. The van der Waals surface area contributed by atoms with Crippen molar-refractivity contribution in [3.05, 3.63) is 60.9 Å². The van der Waals surface area contributed by atoms with Crippen LogP contribution in [0.1, 0.15) is 5.69 Å². The van der Waals surface area contributed by atoms with Crippen molar-refractivity contribution < 1.29 is 9.66 Å². The second kappa shape index (κ2) is 5.72. The van der Waals surface area contributed by atoms with Crippen LogP contribution in [0.3, 0.4) is 0 Å². The Hall–Kier alpha value is -3.10. The fraction of sp³-hybridized carbons (Fsp3) is 0.231. The van der Waals surface area contributed by atoms with Gasteiger partial charge in [-0.05, 0) is 6.07 Å². The van der Waals surface area contributed by atoms with Gasteiger partial charge in [0.15, 0.2) is 5.69 Å². The summed E-state index contributed by atoms with van der Waals surface area (Å²) in [6, 6.07) is 5.43. The molecule has 0 aliphatic heterocycles. The van der Waals surface area contributed by atoms with Crippen molar-refractivity contribution in [2.75, 3.05) is 5.73 Å². The topological polar surface area (TPSA) is 122 Å². The van der Waals surface area contributed by atoms with Crippen molar-refractivity contribution in [2.24, 2.45) is 14.1 Å². The first-order valence-corrected chi connectivity index (χ1v) is 6.24. The van der Waals surface area contributed by atoms with Gasteiger partial charge in [0, 0.05) is 26.2 Å². The van der Waals surface area contributed by atoms with Crippen LogP contribution in [0.4, 0.5) is 11.4 Å². The van der Waals surface area contributed by atoms with Crippen molar-refractivity contribution in [1.29, 1.82) is 0 Å². The van der Waals surface area contributed by atoms with Gasteiger partial charge in [-0.3, -0.25) is 24.0 Å². The summed E-state index contributed by atoms with van der Waals surface area (Å²) in [6.07, 6.45) is 0. The molecule has 9 nitrogen and oxygen atoms in total. The van der Waals surface area contributed by atoms with Crippen molar-refractivity contribution in [2.45, 2.75) is 6.61 Å². The standard InChI is InChI=1S/C13H14N4O5/c1-15-8(6-11(18)16(2)13(15)19)7-22-10-5-3-4-9(12(10)14)17(20)21/h3-6H,7,14H2,1-2H3. The fourth-order valence-electron chi connectivity index (χ4n) is 1.89. The zero-order chi connectivity index (χ0) is 16.4. The average molecular weight is 306 g/mol. The quantitative estimate of drug-likeness (QED) is 0.487. The summed E-state index contributed by atoms with van der Waals surface area (Å²) in [5.41, 5.74) is 4.67. The zero-order valence-electron chi connectivity index (χ0n) is 12.0. The summed E-state index contributed by atoms with van der Waals surface area (Å²) in [4.78, 5) is 33.6. The lowest BCUT2D eigenvalue weighted by atomic mass is 10.2. The van der Waals surface area contributed by atoms with Gasteiger partial charge in [0.2, 0.25) is 0 Å². The highest BCUT2D eigenvalue weighted by Gasteiger charge is 2.16. The van der Waals surface area contributed by atoms with Gasteiger partial charge in [-0.2, -0.15) is 0 Å². The van der Waals surface area contributed by atoms with Crippen molar-refractivity contribution in [1.82, 2.24) is 9.13 Å². The molecule has 0 amide bonds. The molecule has 0 spiro atoms. The summed E-state index contributed by atoms with van der Waals surface area (Å²) in [6.45, 7) is -0.118. The van der Waals surface area contributed by atoms with Crippen LogP contribution in [0, 0.1) is 10.1 Å². The van der Waals surface area contributed by atoms with Crippen molar-refractivity contribution in [3.63, 3.8) is 0 Å². The highest BCUT2D eigenvalue weighted by Crippen LogP contribution is 2.31. The highest BCUT2D eigenvalue weighted by molar-refractivity contribution is 5.66. The number of nitrogens with two attached hydrogens (primary N) is 1. The normalized spacial score (nSPS) is 10.5. The predicted molar refractivity (Wildman–Crippen MR) is 78.8 cm³/mol. The molecule has 1 heterocycles. The van der Waals surface area contributed by atoms with E-state index in [9.17, 15) is 19.7 Å². The molecule has 2 N–H and O–H groups in total. The van der Waals surface area contributed by atoms with Gasteiger partial charge in [-0.25, -0.2) is 4.79 Å². The lowest BCUT2D eigenvalue weighted by molar-refractivity contribution is -0.384. The summed E-state index contributed by atoms with van der Waals surface area (Å²) in [5.74, 6) is 0.113. The van der Waals surface area contributed by atoms with E-state index in [1.807, 2.05) is 0 Å². The number of benzene rings is 1. The molecule has 0 saturated heterocycles. The van der Waals surface area contributed by atoms with E-state index in [0.29, 0.717) is 5.69 Å². The first-order valence-electron chi connectivity index (χ1n) is 6.24. The zero-order valence-corrected chi connectivity index (χ0v) is 12.0. The number of ether oxygens (including phenoxy) is 1. The summed E-state index contributed by atoms with van der Waals surface area (Å²) >= 11 is 0. The Kier molecular flexibility index (Phi) is 3.97. The van der Waals surface area contributed by atoms with Crippen LogP contribution in [0.15, 0.2) is 33.9 Å². The van der Waals surface area contributed by atoms with E-state index < -0.39 is 16.2 Å². The van der Waals surface area contributed by atoms with Gasteiger partial charge in [0.25, 0.3) is 11.2 Å². The number of para-hydroxylation sites is 1. The number of rotatable bonds is 4. The Balaban J connectivity index is 2.32. The van der Waals surface area contributed by atoms with Crippen LogP contribution in [-0.2, 0) is 20.7 Å². The van der Waals surface area contributed by atoms with Gasteiger partial charge in [0.05, 0.1) is 10.6 Å². The Labute approximate surface area is 124 Å². The van der Waals surface area contributed by atoms with Gasteiger partial charge in [0.1, 0.15) is 12.4 Å². The van der Waals surface area contributed by atoms with Crippen LogP contribution in [0.2, 0.25) is 0 Å². The fourth-order valence-corrected chi connectivity index (χ4v) is 1.89. The number of nitrogen functional groups attached to an aromatic ring is 1. The number of nitro benzene ring substituents is 1. The van der Waals surface area contributed by atoms with Crippen LogP contribution >= 0.6 is 0 Å². The second-order valence-corrected chi connectivity index (χ2v) is 4.61. The molecule has 116 valence electrons. The SMILES string of the molecule is Cn1c(COc2cccc([N+](=O)[O-])c2N)cc(=O)n(C)c1=O. The van der Waals surface area contributed by atoms with Gasteiger partial charge >= 0.3 is 5.69 Å². The molecule has 1 aromatic carbocycles. The van der Waals surface area contributed by atoms with E-state index in [0.717, 1.165) is 4.57 Å². The lowest BCUT2D eigenvalue weighted by Crippen LogP contribution is -2.38. The van der Waals surface area contributed by atoms with Crippen LogP contribution in [-0.4, -0.2) is 14.1 Å². The van der Waals surface area contributed by atoms with E-state index in [4.69, 9.17) is 10.5 Å². The van der Waals surface area contributed by atoms with Gasteiger partial charge in [-0.1, -0.05) is 6.07 Å². The van der Waals surface area contributed by atoms with Gasteiger partial charge < -0.3 is 10.5 Å². The number of nitrogens with zero attached hydrogens (tertiary/aromatic N) is 3. The molecule has 0 radical (unpaired) electrons. The molecule has 0 unspecified atom stereocenters. The third-order valence-electron chi connectivity index (χ3n) is 3.24. The molecule has 0 atom stereocenters. The number of hydrogen-bond donors (Lipinski definition) is 1. The van der Waals surface area contributed by atoms with Crippen LogP contribution < -0.4 is 21.7 Å². The number of hydrogen-bond acceptors (Lipinski definition) is 6. The third-order valence-corrected chi connectivity index (χ3v) is 3.24. The molecule has 22 heavy (non-hydrogen) atoms. The van der Waals surface area contributed by atoms with E-state index in [1.165, 1.54) is 42.9 Å². The molecule has 0 bridgehead atoms. The molecule has 2 rings (SSSR count). The molecule has 0 fully saturated rings. The Morgan fingerprint density at radius 1 is 1.27 bits per heavy atom. The Morgan fingerprint density at radius 3 is 2.59 bits per heavy atom. The smallest absolute Gasteiger partial charge is 0.330 e. The van der Waals surface area contributed by atoms with Crippen molar-refractivity contribution >= 4 is 11.4 Å².